The first kappa shape index (κ1) is 12.2. The summed E-state index contributed by atoms with van der Waals surface area (Å²) >= 11 is 0. The monoisotopic (exact) mass is 210 g/mol. The average molecular weight is 210 g/mol. The number of rotatable bonds is 6. The molecule has 0 amide bonds. The highest BCUT2D eigenvalue weighted by Crippen LogP contribution is 2.20. The van der Waals surface area contributed by atoms with E-state index in [1.165, 1.54) is 0 Å². The van der Waals surface area contributed by atoms with Crippen LogP contribution in [0.1, 0.15) is 25.7 Å². The third kappa shape index (κ3) is 4.00. The molecule has 0 fully saturated rings. The first-order chi connectivity index (χ1) is 7.27. The summed E-state index contributed by atoms with van der Waals surface area (Å²) in [6.45, 7) is 4.31. The number of benzene rings is 1. The predicted molar refractivity (Wildman–Crippen MR) is 58.4 cm³/mol. The molecule has 0 radical (unpaired) electrons. The quantitative estimate of drug-likeness (QED) is 0.731. The largest absolute Gasteiger partial charge is 0.394 e. The van der Waals surface area contributed by atoms with E-state index in [1.807, 2.05) is 44.2 Å². The molecule has 0 saturated carbocycles. The molecule has 2 atom stereocenters. The Morgan fingerprint density at radius 3 is 2.47 bits per heavy atom. The van der Waals surface area contributed by atoms with E-state index in [9.17, 15) is 0 Å². The Kier molecular flexibility index (Phi) is 5.32. The van der Waals surface area contributed by atoms with Crippen molar-refractivity contribution in [3.63, 3.8) is 0 Å². The van der Waals surface area contributed by atoms with Crippen LogP contribution in [0.3, 0.4) is 0 Å². The third-order valence-corrected chi connectivity index (χ3v) is 2.00. The fourth-order valence-corrected chi connectivity index (χ4v) is 1.23. The van der Waals surface area contributed by atoms with Gasteiger partial charge in [-0.15, -0.1) is 0 Å². The summed E-state index contributed by atoms with van der Waals surface area (Å²) in [7, 11) is 0. The predicted octanol–water partition coefficient (Wildman–Crippen LogP) is 2.12. The second-order valence-corrected chi connectivity index (χ2v) is 3.33. The molecular formula is C12H18O3. The van der Waals surface area contributed by atoms with Crippen LogP contribution >= 0.6 is 0 Å². The molecule has 0 aliphatic heterocycles. The lowest BCUT2D eigenvalue weighted by Crippen LogP contribution is -2.19. The van der Waals surface area contributed by atoms with E-state index in [4.69, 9.17) is 14.6 Å². The van der Waals surface area contributed by atoms with E-state index >= 15 is 0 Å². The fraction of sp³-hybridized carbons (Fsp3) is 0.500. The molecule has 0 saturated heterocycles. The van der Waals surface area contributed by atoms with E-state index in [0.29, 0.717) is 6.61 Å². The van der Waals surface area contributed by atoms with Gasteiger partial charge in [-0.1, -0.05) is 30.3 Å². The highest BCUT2D eigenvalue weighted by atomic mass is 16.7. The van der Waals surface area contributed by atoms with Gasteiger partial charge < -0.3 is 14.6 Å². The highest BCUT2D eigenvalue weighted by molar-refractivity contribution is 5.15. The molecule has 1 aromatic carbocycles. The molecule has 15 heavy (non-hydrogen) atoms. The van der Waals surface area contributed by atoms with E-state index < -0.39 is 6.29 Å². The molecule has 2 unspecified atom stereocenters. The van der Waals surface area contributed by atoms with E-state index in [0.717, 1.165) is 5.56 Å². The number of ether oxygens (including phenoxy) is 2. The Labute approximate surface area is 90.6 Å². The molecule has 1 rings (SSSR count). The Morgan fingerprint density at radius 2 is 1.93 bits per heavy atom. The second kappa shape index (κ2) is 6.56. The van der Waals surface area contributed by atoms with Crippen molar-refractivity contribution in [3.05, 3.63) is 35.9 Å². The minimum atomic E-state index is -0.390. The van der Waals surface area contributed by atoms with Crippen LogP contribution in [0.2, 0.25) is 0 Å². The van der Waals surface area contributed by atoms with Crippen LogP contribution in [0.5, 0.6) is 0 Å². The van der Waals surface area contributed by atoms with Crippen LogP contribution in [-0.2, 0) is 9.47 Å². The molecule has 1 N–H and O–H groups in total. The van der Waals surface area contributed by atoms with Crippen molar-refractivity contribution in [2.45, 2.75) is 26.2 Å². The smallest absolute Gasteiger partial charge is 0.184 e. The van der Waals surface area contributed by atoms with Gasteiger partial charge in [0.25, 0.3) is 0 Å². The number of aliphatic hydroxyl groups excluding tert-OH is 1. The maximum Gasteiger partial charge on any atom is 0.184 e. The van der Waals surface area contributed by atoms with Gasteiger partial charge in [-0.25, -0.2) is 0 Å². The van der Waals surface area contributed by atoms with Gasteiger partial charge in [0.1, 0.15) is 0 Å². The van der Waals surface area contributed by atoms with Crippen molar-refractivity contribution in [1.82, 2.24) is 0 Å². The Morgan fingerprint density at radius 1 is 1.27 bits per heavy atom. The van der Waals surface area contributed by atoms with Crippen molar-refractivity contribution in [3.8, 4) is 0 Å². The van der Waals surface area contributed by atoms with E-state index in [-0.39, 0.29) is 12.7 Å². The lowest BCUT2D eigenvalue weighted by atomic mass is 10.2. The van der Waals surface area contributed by atoms with E-state index in [1.54, 1.807) is 0 Å². The molecule has 0 aromatic heterocycles. The number of hydrogen-bond donors (Lipinski definition) is 1. The zero-order chi connectivity index (χ0) is 11.1. The SMILES string of the molecule is CCOC(OC(C)CO)c1ccccc1. The minimum absolute atomic E-state index is 0.00356. The molecule has 0 aliphatic carbocycles. The van der Waals surface area contributed by atoms with Crippen molar-refractivity contribution in [2.75, 3.05) is 13.2 Å². The van der Waals surface area contributed by atoms with Crippen LogP contribution in [0.25, 0.3) is 0 Å². The molecule has 1 aromatic rings. The normalized spacial score (nSPS) is 14.9. The minimum Gasteiger partial charge on any atom is -0.394 e. The highest BCUT2D eigenvalue weighted by Gasteiger charge is 2.14. The summed E-state index contributed by atoms with van der Waals surface area (Å²) < 4.78 is 11.0. The molecule has 84 valence electrons. The van der Waals surface area contributed by atoms with Crippen LogP contribution in [0.4, 0.5) is 0 Å². The van der Waals surface area contributed by atoms with Gasteiger partial charge in [-0.2, -0.15) is 0 Å². The lowest BCUT2D eigenvalue weighted by Gasteiger charge is -2.21. The summed E-state index contributed by atoms with van der Waals surface area (Å²) in [5.74, 6) is 0. The summed E-state index contributed by atoms with van der Waals surface area (Å²) in [4.78, 5) is 0. The zero-order valence-corrected chi connectivity index (χ0v) is 9.22. The van der Waals surface area contributed by atoms with Crippen LogP contribution in [-0.4, -0.2) is 24.4 Å². The topological polar surface area (TPSA) is 38.7 Å². The molecule has 0 bridgehead atoms. The van der Waals surface area contributed by atoms with Gasteiger partial charge in [0, 0.05) is 12.2 Å². The van der Waals surface area contributed by atoms with Crippen LogP contribution in [0, 0.1) is 0 Å². The summed E-state index contributed by atoms with van der Waals surface area (Å²) in [5, 5.41) is 8.92. The first-order valence-corrected chi connectivity index (χ1v) is 5.20. The van der Waals surface area contributed by atoms with Gasteiger partial charge in [0.05, 0.1) is 12.7 Å². The number of hydrogen-bond acceptors (Lipinski definition) is 3. The van der Waals surface area contributed by atoms with Crippen molar-refractivity contribution < 1.29 is 14.6 Å². The Bertz CT molecular complexity index is 261. The standard InChI is InChI=1S/C12H18O3/c1-3-14-12(15-10(2)9-13)11-7-5-4-6-8-11/h4-8,10,12-13H,3,9H2,1-2H3. The van der Waals surface area contributed by atoms with Crippen molar-refractivity contribution in [1.29, 1.82) is 0 Å². The van der Waals surface area contributed by atoms with Gasteiger partial charge in [0.2, 0.25) is 0 Å². The Balaban J connectivity index is 2.65. The van der Waals surface area contributed by atoms with Gasteiger partial charge in [-0.05, 0) is 13.8 Å². The van der Waals surface area contributed by atoms with Gasteiger partial charge in [-0.3, -0.25) is 0 Å². The van der Waals surface area contributed by atoms with Crippen molar-refractivity contribution >= 4 is 0 Å². The molecule has 0 heterocycles. The molecule has 3 heteroatoms. The Hall–Kier alpha value is -0.900. The van der Waals surface area contributed by atoms with Crippen molar-refractivity contribution in [2.24, 2.45) is 0 Å². The zero-order valence-electron chi connectivity index (χ0n) is 9.22. The lowest BCUT2D eigenvalue weighted by molar-refractivity contribution is -0.176. The molecule has 3 nitrogen and oxygen atoms in total. The molecular weight excluding hydrogens is 192 g/mol. The number of aliphatic hydroxyl groups is 1. The van der Waals surface area contributed by atoms with Gasteiger partial charge >= 0.3 is 0 Å². The second-order valence-electron chi connectivity index (χ2n) is 3.33. The maximum atomic E-state index is 8.92. The van der Waals surface area contributed by atoms with E-state index in [2.05, 4.69) is 0 Å². The molecule has 0 spiro atoms. The molecule has 0 aliphatic rings. The third-order valence-electron chi connectivity index (χ3n) is 2.00. The first-order valence-electron chi connectivity index (χ1n) is 5.20. The van der Waals surface area contributed by atoms with Crippen LogP contribution < -0.4 is 0 Å². The summed E-state index contributed by atoms with van der Waals surface area (Å²) in [5.41, 5.74) is 0.972. The summed E-state index contributed by atoms with van der Waals surface area (Å²) in [6, 6.07) is 9.72. The van der Waals surface area contributed by atoms with Gasteiger partial charge in [0.15, 0.2) is 6.29 Å². The summed E-state index contributed by atoms with van der Waals surface area (Å²) in [6.07, 6.45) is -0.611. The average Bonchev–Trinajstić information content (AvgIpc) is 2.29. The maximum absolute atomic E-state index is 8.92. The fourth-order valence-electron chi connectivity index (χ4n) is 1.23. The van der Waals surface area contributed by atoms with Crippen LogP contribution in [0.15, 0.2) is 30.3 Å².